The molecule has 2 heterocycles. The van der Waals surface area contributed by atoms with Crippen LogP contribution in [0.25, 0.3) is 10.9 Å². The van der Waals surface area contributed by atoms with Crippen LogP contribution in [0.1, 0.15) is 16.8 Å². The lowest BCUT2D eigenvalue weighted by Gasteiger charge is -2.22. The second kappa shape index (κ2) is 4.11. The SMILES string of the molecule is Cc1cccc2c3c([nH]c12)CCN(C)C3.Cl. The number of fused-ring (bicyclic) bond motifs is 3. The molecule has 86 valence electrons. The molecule has 1 aliphatic rings. The van der Waals surface area contributed by atoms with Crippen molar-refractivity contribution < 1.29 is 0 Å². The third-order valence-corrected chi connectivity index (χ3v) is 3.41. The van der Waals surface area contributed by atoms with Crippen LogP contribution in [0.4, 0.5) is 0 Å². The number of aromatic amines is 1. The number of nitrogens with one attached hydrogen (secondary N) is 1. The van der Waals surface area contributed by atoms with Gasteiger partial charge in [-0.05, 0) is 25.1 Å². The molecule has 0 bridgehead atoms. The molecule has 0 unspecified atom stereocenters. The van der Waals surface area contributed by atoms with Crippen LogP contribution in [0.5, 0.6) is 0 Å². The molecule has 0 radical (unpaired) electrons. The third-order valence-electron chi connectivity index (χ3n) is 3.41. The summed E-state index contributed by atoms with van der Waals surface area (Å²) in [5.74, 6) is 0. The van der Waals surface area contributed by atoms with E-state index < -0.39 is 0 Å². The van der Waals surface area contributed by atoms with E-state index in [-0.39, 0.29) is 12.4 Å². The Morgan fingerprint density at radius 2 is 2.12 bits per heavy atom. The fraction of sp³-hybridized carbons (Fsp3) is 0.385. The molecule has 16 heavy (non-hydrogen) atoms. The van der Waals surface area contributed by atoms with E-state index in [1.807, 2.05) is 0 Å². The van der Waals surface area contributed by atoms with Crippen molar-refractivity contribution in [3.8, 4) is 0 Å². The lowest BCUT2D eigenvalue weighted by Crippen LogP contribution is -2.25. The minimum atomic E-state index is 0. The minimum Gasteiger partial charge on any atom is -0.358 e. The normalized spacial score (nSPS) is 15.9. The summed E-state index contributed by atoms with van der Waals surface area (Å²) in [6, 6.07) is 6.56. The number of halogens is 1. The molecule has 2 aromatic rings. The van der Waals surface area contributed by atoms with Gasteiger partial charge in [-0.1, -0.05) is 18.2 Å². The maximum atomic E-state index is 3.58. The lowest BCUT2D eigenvalue weighted by atomic mass is 10.0. The number of hydrogen-bond acceptors (Lipinski definition) is 1. The van der Waals surface area contributed by atoms with E-state index in [4.69, 9.17) is 0 Å². The highest BCUT2D eigenvalue weighted by Crippen LogP contribution is 2.28. The molecule has 0 saturated heterocycles. The lowest BCUT2D eigenvalue weighted by molar-refractivity contribution is 0.313. The Morgan fingerprint density at radius 1 is 1.31 bits per heavy atom. The van der Waals surface area contributed by atoms with Crippen molar-refractivity contribution in [2.24, 2.45) is 0 Å². The van der Waals surface area contributed by atoms with Crippen molar-refractivity contribution in [1.29, 1.82) is 0 Å². The molecule has 3 heteroatoms. The molecular formula is C13H17ClN2. The Balaban J connectivity index is 0.000000963. The van der Waals surface area contributed by atoms with Crippen molar-refractivity contribution in [1.82, 2.24) is 9.88 Å². The molecule has 1 aromatic heterocycles. The molecule has 0 spiro atoms. The van der Waals surface area contributed by atoms with Gasteiger partial charge in [-0.25, -0.2) is 0 Å². The number of rotatable bonds is 0. The fourth-order valence-corrected chi connectivity index (χ4v) is 2.52. The number of aryl methyl sites for hydroxylation is 1. The zero-order valence-corrected chi connectivity index (χ0v) is 10.5. The largest absolute Gasteiger partial charge is 0.358 e. The second-order valence-corrected chi connectivity index (χ2v) is 4.57. The van der Waals surface area contributed by atoms with Crippen molar-refractivity contribution in [2.45, 2.75) is 19.9 Å². The van der Waals surface area contributed by atoms with Gasteiger partial charge in [0.15, 0.2) is 0 Å². The van der Waals surface area contributed by atoms with Gasteiger partial charge < -0.3 is 9.88 Å². The van der Waals surface area contributed by atoms with E-state index in [1.165, 1.54) is 34.3 Å². The number of likely N-dealkylation sites (N-methyl/N-ethyl adjacent to an activating group) is 1. The topological polar surface area (TPSA) is 19.0 Å². The number of nitrogens with zero attached hydrogens (tertiary/aromatic N) is 1. The molecule has 0 fully saturated rings. The number of aromatic nitrogens is 1. The molecule has 1 aliphatic heterocycles. The van der Waals surface area contributed by atoms with Crippen LogP contribution in [0.2, 0.25) is 0 Å². The Morgan fingerprint density at radius 3 is 2.94 bits per heavy atom. The summed E-state index contributed by atoms with van der Waals surface area (Å²) >= 11 is 0. The molecule has 0 saturated carbocycles. The summed E-state index contributed by atoms with van der Waals surface area (Å²) in [5, 5.41) is 1.41. The molecule has 0 amide bonds. The quantitative estimate of drug-likeness (QED) is 0.745. The second-order valence-electron chi connectivity index (χ2n) is 4.57. The van der Waals surface area contributed by atoms with E-state index in [0.717, 1.165) is 13.0 Å². The van der Waals surface area contributed by atoms with Crippen LogP contribution >= 0.6 is 12.4 Å². The molecule has 1 N–H and O–H groups in total. The highest BCUT2D eigenvalue weighted by atomic mass is 35.5. The fourth-order valence-electron chi connectivity index (χ4n) is 2.52. The van der Waals surface area contributed by atoms with E-state index in [1.54, 1.807) is 0 Å². The van der Waals surface area contributed by atoms with Crippen LogP contribution in [-0.2, 0) is 13.0 Å². The van der Waals surface area contributed by atoms with Gasteiger partial charge in [-0.15, -0.1) is 12.4 Å². The molecular weight excluding hydrogens is 220 g/mol. The van der Waals surface area contributed by atoms with Crippen molar-refractivity contribution in [2.75, 3.05) is 13.6 Å². The van der Waals surface area contributed by atoms with Gasteiger partial charge in [0, 0.05) is 36.1 Å². The maximum Gasteiger partial charge on any atom is 0.0489 e. The van der Waals surface area contributed by atoms with Crippen LogP contribution in [-0.4, -0.2) is 23.5 Å². The first-order valence-electron chi connectivity index (χ1n) is 5.53. The summed E-state index contributed by atoms with van der Waals surface area (Å²) in [6.07, 6.45) is 1.15. The molecule has 0 atom stereocenters. The number of H-pyrrole nitrogens is 1. The molecule has 1 aromatic carbocycles. The van der Waals surface area contributed by atoms with Crippen LogP contribution in [0.15, 0.2) is 18.2 Å². The number of para-hydroxylation sites is 1. The maximum absolute atomic E-state index is 3.58. The standard InChI is InChI=1S/C13H16N2.ClH/c1-9-4-3-5-10-11-8-15(2)7-6-12(11)14-13(9)10;/h3-5,14H,6-8H2,1-2H3;1H. The first kappa shape index (κ1) is 11.5. The van der Waals surface area contributed by atoms with E-state index in [9.17, 15) is 0 Å². The number of hydrogen-bond donors (Lipinski definition) is 1. The average molecular weight is 237 g/mol. The Labute approximate surface area is 102 Å². The minimum absolute atomic E-state index is 0. The van der Waals surface area contributed by atoms with E-state index in [2.05, 4.69) is 42.1 Å². The highest BCUT2D eigenvalue weighted by molar-refractivity contribution is 5.87. The molecule has 3 rings (SSSR count). The summed E-state index contributed by atoms with van der Waals surface area (Å²) in [4.78, 5) is 5.97. The van der Waals surface area contributed by atoms with Gasteiger partial charge in [-0.3, -0.25) is 0 Å². The smallest absolute Gasteiger partial charge is 0.0489 e. The van der Waals surface area contributed by atoms with Crippen LogP contribution in [0.3, 0.4) is 0 Å². The zero-order valence-electron chi connectivity index (χ0n) is 9.71. The predicted molar refractivity (Wildman–Crippen MR) is 70.3 cm³/mol. The summed E-state index contributed by atoms with van der Waals surface area (Å²) in [5.41, 5.74) is 5.63. The summed E-state index contributed by atoms with van der Waals surface area (Å²) in [7, 11) is 2.19. The Kier molecular flexibility index (Phi) is 2.96. The average Bonchev–Trinajstić information content (AvgIpc) is 2.58. The van der Waals surface area contributed by atoms with Gasteiger partial charge in [0.2, 0.25) is 0 Å². The third kappa shape index (κ3) is 1.62. The van der Waals surface area contributed by atoms with Crippen molar-refractivity contribution >= 4 is 23.3 Å². The first-order valence-corrected chi connectivity index (χ1v) is 5.53. The van der Waals surface area contributed by atoms with Crippen molar-refractivity contribution in [3.63, 3.8) is 0 Å². The highest BCUT2D eigenvalue weighted by Gasteiger charge is 2.18. The van der Waals surface area contributed by atoms with Gasteiger partial charge in [0.1, 0.15) is 0 Å². The Hall–Kier alpha value is -0.990. The van der Waals surface area contributed by atoms with E-state index >= 15 is 0 Å². The molecule has 0 aliphatic carbocycles. The van der Waals surface area contributed by atoms with Gasteiger partial charge in [-0.2, -0.15) is 0 Å². The first-order chi connectivity index (χ1) is 7.25. The van der Waals surface area contributed by atoms with Crippen LogP contribution < -0.4 is 0 Å². The predicted octanol–water partition coefficient (Wildman–Crippen LogP) is 2.89. The number of benzene rings is 1. The summed E-state index contributed by atoms with van der Waals surface area (Å²) in [6.45, 7) is 4.42. The van der Waals surface area contributed by atoms with E-state index in [0.29, 0.717) is 0 Å². The van der Waals surface area contributed by atoms with Crippen LogP contribution in [0, 0.1) is 6.92 Å². The Bertz CT molecular complexity index is 516. The van der Waals surface area contributed by atoms with Crippen molar-refractivity contribution in [3.05, 3.63) is 35.0 Å². The molecule has 2 nitrogen and oxygen atoms in total. The monoisotopic (exact) mass is 236 g/mol. The van der Waals surface area contributed by atoms with Gasteiger partial charge in [0.25, 0.3) is 0 Å². The van der Waals surface area contributed by atoms with Gasteiger partial charge in [0.05, 0.1) is 0 Å². The summed E-state index contributed by atoms with van der Waals surface area (Å²) < 4.78 is 0. The van der Waals surface area contributed by atoms with Gasteiger partial charge >= 0.3 is 0 Å². The zero-order chi connectivity index (χ0) is 10.4.